The summed E-state index contributed by atoms with van der Waals surface area (Å²) in [5.74, 6) is -0.450. The highest BCUT2D eigenvalue weighted by Gasteiger charge is 2.42. The van der Waals surface area contributed by atoms with Gasteiger partial charge in [-0.2, -0.15) is 0 Å². The number of hydrogen-bond acceptors (Lipinski definition) is 3. The molecule has 0 aliphatic heterocycles. The van der Waals surface area contributed by atoms with Crippen molar-refractivity contribution >= 4 is 17.3 Å². The molecular weight excluding hydrogens is 342 g/mol. The molecule has 4 nitrogen and oxygen atoms in total. The average Bonchev–Trinajstić information content (AvgIpc) is 3.21. The van der Waals surface area contributed by atoms with Gasteiger partial charge in [0.1, 0.15) is 11.6 Å². The Bertz CT molecular complexity index is 767. The van der Waals surface area contributed by atoms with Gasteiger partial charge < -0.3 is 10.6 Å². The zero-order chi connectivity index (χ0) is 18.0. The van der Waals surface area contributed by atoms with Gasteiger partial charge in [0.2, 0.25) is 0 Å². The number of rotatable bonds is 5. The van der Waals surface area contributed by atoms with Crippen LogP contribution in [0.5, 0.6) is 0 Å². The number of guanidine groups is 1. The second kappa shape index (κ2) is 7.47. The van der Waals surface area contributed by atoms with Crippen LogP contribution in [0.2, 0.25) is 0 Å². The van der Waals surface area contributed by atoms with E-state index in [9.17, 15) is 8.78 Å². The highest BCUT2D eigenvalue weighted by Crippen LogP contribution is 2.43. The van der Waals surface area contributed by atoms with Crippen LogP contribution in [0.15, 0.2) is 23.2 Å². The highest BCUT2D eigenvalue weighted by molar-refractivity contribution is 7.11. The lowest BCUT2D eigenvalue weighted by Crippen LogP contribution is -2.39. The second-order valence-electron chi connectivity index (χ2n) is 6.16. The van der Waals surface area contributed by atoms with Crippen molar-refractivity contribution in [2.45, 2.75) is 45.7 Å². The van der Waals surface area contributed by atoms with Crippen LogP contribution >= 0.6 is 11.3 Å². The first-order chi connectivity index (χ1) is 12.0. The number of aromatic nitrogens is 1. The summed E-state index contributed by atoms with van der Waals surface area (Å²) in [4.78, 5) is 10.1. The van der Waals surface area contributed by atoms with E-state index in [1.54, 1.807) is 11.3 Å². The van der Waals surface area contributed by atoms with Crippen LogP contribution in [0.1, 0.15) is 40.4 Å². The van der Waals surface area contributed by atoms with Crippen molar-refractivity contribution in [2.75, 3.05) is 6.54 Å². The molecule has 0 bridgehead atoms. The van der Waals surface area contributed by atoms with Gasteiger partial charge in [0.05, 0.1) is 17.2 Å². The van der Waals surface area contributed by atoms with Gasteiger partial charge in [0.15, 0.2) is 5.96 Å². The van der Waals surface area contributed by atoms with E-state index in [4.69, 9.17) is 0 Å². The number of aryl methyl sites for hydroxylation is 2. The molecule has 1 fully saturated rings. The van der Waals surface area contributed by atoms with Crippen LogP contribution in [0.3, 0.4) is 0 Å². The van der Waals surface area contributed by atoms with Crippen molar-refractivity contribution in [1.29, 1.82) is 0 Å². The topological polar surface area (TPSA) is 49.3 Å². The molecule has 0 spiro atoms. The normalized spacial score (nSPS) is 19.8. The van der Waals surface area contributed by atoms with Crippen molar-refractivity contribution < 1.29 is 8.78 Å². The Morgan fingerprint density at radius 1 is 1.32 bits per heavy atom. The fraction of sp³-hybridized carbons (Fsp3) is 0.444. The molecule has 134 valence electrons. The van der Waals surface area contributed by atoms with Crippen LogP contribution in [0.4, 0.5) is 8.78 Å². The minimum absolute atomic E-state index is 0.00602. The third-order valence-corrected chi connectivity index (χ3v) is 5.27. The summed E-state index contributed by atoms with van der Waals surface area (Å²) in [6.07, 6.45) is 0.695. The van der Waals surface area contributed by atoms with Crippen LogP contribution in [-0.4, -0.2) is 23.5 Å². The van der Waals surface area contributed by atoms with Crippen molar-refractivity contribution in [2.24, 2.45) is 4.99 Å². The Morgan fingerprint density at radius 3 is 2.64 bits per heavy atom. The zero-order valence-corrected chi connectivity index (χ0v) is 15.4. The first-order valence-corrected chi connectivity index (χ1v) is 9.23. The molecule has 1 aliphatic carbocycles. The summed E-state index contributed by atoms with van der Waals surface area (Å²) in [5.41, 5.74) is 1.17. The van der Waals surface area contributed by atoms with Crippen molar-refractivity contribution in [1.82, 2.24) is 15.6 Å². The number of aliphatic imine (C=N–C) groups is 1. The van der Waals surface area contributed by atoms with Crippen LogP contribution in [0, 0.1) is 25.5 Å². The molecular formula is C18H22F2N4S. The number of thiazole rings is 1. The van der Waals surface area contributed by atoms with E-state index in [1.165, 1.54) is 18.2 Å². The fourth-order valence-electron chi connectivity index (χ4n) is 2.91. The van der Waals surface area contributed by atoms with Crippen molar-refractivity contribution in [3.63, 3.8) is 0 Å². The average molecular weight is 364 g/mol. The summed E-state index contributed by atoms with van der Waals surface area (Å²) in [7, 11) is 0. The molecule has 1 aromatic heterocycles. The quantitative estimate of drug-likeness (QED) is 0.629. The smallest absolute Gasteiger partial charge is 0.191 e. The standard InChI is InChI=1S/C18H22F2N4S/c1-4-21-18(22-9-16-10(2)23-11(3)25-16)24-15-8-12(15)17-13(19)6-5-7-14(17)20/h5-7,12,15H,4,8-9H2,1-3H3,(H2,21,22,24). The molecule has 0 radical (unpaired) electrons. The molecule has 1 aliphatic rings. The largest absolute Gasteiger partial charge is 0.357 e. The summed E-state index contributed by atoms with van der Waals surface area (Å²) in [6, 6.07) is 4.00. The molecule has 25 heavy (non-hydrogen) atoms. The third-order valence-electron chi connectivity index (χ3n) is 4.21. The van der Waals surface area contributed by atoms with Gasteiger partial charge in [0.25, 0.3) is 0 Å². The van der Waals surface area contributed by atoms with Gasteiger partial charge in [-0.1, -0.05) is 6.07 Å². The molecule has 0 saturated heterocycles. The lowest BCUT2D eigenvalue weighted by Gasteiger charge is -2.11. The van der Waals surface area contributed by atoms with Crippen LogP contribution in [-0.2, 0) is 6.54 Å². The Morgan fingerprint density at radius 2 is 2.04 bits per heavy atom. The van der Waals surface area contributed by atoms with Gasteiger partial charge in [-0.15, -0.1) is 11.3 Å². The summed E-state index contributed by atoms with van der Waals surface area (Å²) in [6.45, 7) is 7.20. The number of nitrogens with one attached hydrogen (secondary N) is 2. The lowest BCUT2D eigenvalue weighted by atomic mass is 10.1. The maximum Gasteiger partial charge on any atom is 0.191 e. The Kier molecular flexibility index (Phi) is 5.32. The number of benzene rings is 1. The highest BCUT2D eigenvalue weighted by atomic mass is 32.1. The fourth-order valence-corrected chi connectivity index (χ4v) is 3.77. The molecule has 2 N–H and O–H groups in total. The molecule has 1 aromatic carbocycles. The van der Waals surface area contributed by atoms with E-state index in [0.29, 0.717) is 18.9 Å². The number of halogens is 2. The maximum atomic E-state index is 13.9. The second-order valence-corrected chi connectivity index (χ2v) is 7.45. The summed E-state index contributed by atoms with van der Waals surface area (Å²) < 4.78 is 27.8. The van der Waals surface area contributed by atoms with Gasteiger partial charge in [0, 0.05) is 28.9 Å². The first kappa shape index (κ1) is 17.8. The molecule has 2 aromatic rings. The van der Waals surface area contributed by atoms with E-state index in [1.807, 2.05) is 20.8 Å². The monoisotopic (exact) mass is 364 g/mol. The van der Waals surface area contributed by atoms with Crippen molar-refractivity contribution in [3.05, 3.63) is 51.0 Å². The van der Waals surface area contributed by atoms with Gasteiger partial charge in [-0.25, -0.2) is 18.8 Å². The molecule has 2 unspecified atom stereocenters. The summed E-state index contributed by atoms with van der Waals surface area (Å²) >= 11 is 1.64. The minimum Gasteiger partial charge on any atom is -0.357 e. The Balaban J connectivity index is 1.67. The summed E-state index contributed by atoms with van der Waals surface area (Å²) in [5, 5.41) is 7.49. The van der Waals surface area contributed by atoms with Crippen LogP contribution in [0.25, 0.3) is 0 Å². The van der Waals surface area contributed by atoms with Gasteiger partial charge >= 0.3 is 0 Å². The Hall–Kier alpha value is -2.02. The molecule has 0 amide bonds. The maximum absolute atomic E-state index is 13.9. The lowest BCUT2D eigenvalue weighted by molar-refractivity contribution is 0.553. The molecule has 1 heterocycles. The molecule has 2 atom stereocenters. The number of nitrogens with zero attached hydrogens (tertiary/aromatic N) is 2. The van der Waals surface area contributed by atoms with Crippen molar-refractivity contribution in [3.8, 4) is 0 Å². The predicted molar refractivity (Wildman–Crippen MR) is 97.0 cm³/mol. The predicted octanol–water partition coefficient (Wildman–Crippen LogP) is 3.65. The third kappa shape index (κ3) is 4.15. The molecule has 1 saturated carbocycles. The molecule has 3 rings (SSSR count). The van der Waals surface area contributed by atoms with E-state index in [2.05, 4.69) is 20.6 Å². The number of hydrogen-bond donors (Lipinski definition) is 2. The van der Waals surface area contributed by atoms with Gasteiger partial charge in [-0.3, -0.25) is 0 Å². The molecule has 7 heteroatoms. The SMILES string of the molecule is CCNC(=NCc1sc(C)nc1C)NC1CC1c1c(F)cccc1F. The van der Waals surface area contributed by atoms with Gasteiger partial charge in [-0.05, 0) is 39.3 Å². The minimum atomic E-state index is -0.480. The van der Waals surface area contributed by atoms with E-state index >= 15 is 0 Å². The first-order valence-electron chi connectivity index (χ1n) is 8.41. The zero-order valence-electron chi connectivity index (χ0n) is 14.6. The van der Waals surface area contributed by atoms with Crippen LogP contribution < -0.4 is 10.6 Å². The Labute approximate surface area is 150 Å². The van der Waals surface area contributed by atoms with E-state index in [-0.39, 0.29) is 17.5 Å². The van der Waals surface area contributed by atoms with E-state index in [0.717, 1.165) is 22.1 Å². The van der Waals surface area contributed by atoms with E-state index < -0.39 is 11.6 Å².